The Kier molecular flexibility index (Phi) is 9.99. The lowest BCUT2D eigenvalue weighted by atomic mass is 10.2. The average Bonchev–Trinajstić information content (AvgIpc) is 2.20. The lowest BCUT2D eigenvalue weighted by Gasteiger charge is -2.19. The quantitative estimate of drug-likeness (QED) is 0.579. The van der Waals surface area contributed by atoms with E-state index in [4.69, 9.17) is 14.2 Å². The third-order valence-electron chi connectivity index (χ3n) is 1.93. The lowest BCUT2D eigenvalue weighted by molar-refractivity contribution is -0.0680. The second-order valence-corrected chi connectivity index (χ2v) is 4.94. The first-order valence-corrected chi connectivity index (χ1v) is 6.33. The van der Waals surface area contributed by atoms with Crippen LogP contribution in [-0.2, 0) is 14.2 Å². The van der Waals surface area contributed by atoms with Crippen molar-refractivity contribution in [2.75, 3.05) is 33.0 Å². The normalized spacial score (nSPS) is 13.7. The van der Waals surface area contributed by atoms with E-state index >= 15 is 0 Å². The van der Waals surface area contributed by atoms with Gasteiger partial charge in [0.05, 0.1) is 13.2 Å². The maximum atomic E-state index is 5.74. The Morgan fingerprint density at radius 3 is 1.81 bits per heavy atom. The summed E-state index contributed by atoms with van der Waals surface area (Å²) in [7, 11) is 0. The molecule has 0 aromatic rings. The van der Waals surface area contributed by atoms with Crippen molar-refractivity contribution in [3.63, 3.8) is 0 Å². The van der Waals surface area contributed by atoms with Gasteiger partial charge in [-0.25, -0.2) is 0 Å². The molecule has 0 bridgehead atoms. The standard InChI is InChI=1S/C13H28O3/c1-6-14-9-13(16-8-12(4)5)10-15-7-11(2)3/h11-13H,6-10H2,1-5H3. The summed E-state index contributed by atoms with van der Waals surface area (Å²) in [6, 6.07) is 0. The molecule has 0 rings (SSSR count). The van der Waals surface area contributed by atoms with Gasteiger partial charge in [0, 0.05) is 19.8 Å². The van der Waals surface area contributed by atoms with Crippen LogP contribution in [-0.4, -0.2) is 39.1 Å². The summed E-state index contributed by atoms with van der Waals surface area (Å²) in [5.74, 6) is 1.12. The SMILES string of the molecule is CCOCC(COCC(C)C)OCC(C)C. The molecule has 1 unspecified atom stereocenters. The molecular weight excluding hydrogens is 204 g/mol. The van der Waals surface area contributed by atoms with E-state index in [1.54, 1.807) is 0 Å². The summed E-state index contributed by atoms with van der Waals surface area (Å²) in [6.45, 7) is 14.1. The largest absolute Gasteiger partial charge is 0.379 e. The van der Waals surface area contributed by atoms with Crippen LogP contribution in [0.15, 0.2) is 0 Å². The van der Waals surface area contributed by atoms with Crippen LogP contribution in [0.2, 0.25) is 0 Å². The first kappa shape index (κ1) is 15.9. The van der Waals surface area contributed by atoms with Gasteiger partial charge in [-0.2, -0.15) is 0 Å². The van der Waals surface area contributed by atoms with Crippen LogP contribution in [0.25, 0.3) is 0 Å². The molecule has 1 atom stereocenters. The van der Waals surface area contributed by atoms with Crippen LogP contribution in [0.5, 0.6) is 0 Å². The first-order chi connectivity index (χ1) is 7.56. The molecule has 3 heteroatoms. The third kappa shape index (κ3) is 10.4. The summed E-state index contributed by atoms with van der Waals surface area (Å²) < 4.78 is 16.7. The maximum absolute atomic E-state index is 5.74. The monoisotopic (exact) mass is 232 g/mol. The van der Waals surface area contributed by atoms with Gasteiger partial charge in [0.1, 0.15) is 6.10 Å². The van der Waals surface area contributed by atoms with Crippen molar-refractivity contribution in [3.8, 4) is 0 Å². The van der Waals surface area contributed by atoms with Crippen molar-refractivity contribution in [1.82, 2.24) is 0 Å². The molecule has 98 valence electrons. The Bertz CT molecular complexity index is 146. The molecule has 0 radical (unpaired) electrons. The fraction of sp³-hybridized carbons (Fsp3) is 1.00. The zero-order valence-electron chi connectivity index (χ0n) is 11.5. The number of hydrogen-bond donors (Lipinski definition) is 0. The summed E-state index contributed by atoms with van der Waals surface area (Å²) >= 11 is 0. The van der Waals surface area contributed by atoms with Crippen LogP contribution >= 0.6 is 0 Å². The van der Waals surface area contributed by atoms with Gasteiger partial charge in [0.15, 0.2) is 0 Å². The van der Waals surface area contributed by atoms with Crippen LogP contribution < -0.4 is 0 Å². The zero-order valence-corrected chi connectivity index (χ0v) is 11.5. The molecule has 16 heavy (non-hydrogen) atoms. The van der Waals surface area contributed by atoms with E-state index < -0.39 is 0 Å². The van der Waals surface area contributed by atoms with E-state index in [0.29, 0.717) is 25.0 Å². The van der Waals surface area contributed by atoms with Gasteiger partial charge in [-0.05, 0) is 18.8 Å². The average molecular weight is 232 g/mol. The fourth-order valence-electron chi connectivity index (χ4n) is 1.16. The molecule has 0 fully saturated rings. The maximum Gasteiger partial charge on any atom is 0.104 e. The Balaban J connectivity index is 3.71. The second kappa shape index (κ2) is 10.1. The highest BCUT2D eigenvalue weighted by Crippen LogP contribution is 2.02. The summed E-state index contributed by atoms with van der Waals surface area (Å²) in [5.41, 5.74) is 0. The van der Waals surface area contributed by atoms with Crippen LogP contribution in [0.1, 0.15) is 34.6 Å². The van der Waals surface area contributed by atoms with Crippen LogP contribution in [0.4, 0.5) is 0 Å². The molecule has 0 saturated heterocycles. The third-order valence-corrected chi connectivity index (χ3v) is 1.93. The van der Waals surface area contributed by atoms with E-state index in [2.05, 4.69) is 27.7 Å². The first-order valence-electron chi connectivity index (χ1n) is 6.33. The summed E-state index contributed by atoms with van der Waals surface area (Å²) in [5, 5.41) is 0. The molecule has 0 aliphatic rings. The van der Waals surface area contributed by atoms with Crippen molar-refractivity contribution < 1.29 is 14.2 Å². The van der Waals surface area contributed by atoms with Gasteiger partial charge >= 0.3 is 0 Å². The zero-order chi connectivity index (χ0) is 12.4. The van der Waals surface area contributed by atoms with E-state index in [1.165, 1.54) is 0 Å². The number of ether oxygens (including phenoxy) is 3. The van der Waals surface area contributed by atoms with Crippen LogP contribution in [0, 0.1) is 11.8 Å². The summed E-state index contributed by atoms with van der Waals surface area (Å²) in [6.07, 6.45) is 0.0705. The minimum Gasteiger partial charge on any atom is -0.379 e. The predicted octanol–water partition coefficient (Wildman–Crippen LogP) is 2.74. The van der Waals surface area contributed by atoms with Gasteiger partial charge < -0.3 is 14.2 Å². The summed E-state index contributed by atoms with van der Waals surface area (Å²) in [4.78, 5) is 0. The smallest absolute Gasteiger partial charge is 0.104 e. The Morgan fingerprint density at radius 2 is 1.31 bits per heavy atom. The molecule has 0 amide bonds. The number of hydrogen-bond acceptors (Lipinski definition) is 3. The Hall–Kier alpha value is -0.120. The van der Waals surface area contributed by atoms with Gasteiger partial charge in [0.25, 0.3) is 0 Å². The highest BCUT2D eigenvalue weighted by molar-refractivity contribution is 4.57. The van der Waals surface area contributed by atoms with Crippen LogP contribution in [0.3, 0.4) is 0 Å². The molecular formula is C13H28O3. The van der Waals surface area contributed by atoms with Gasteiger partial charge in [-0.1, -0.05) is 27.7 Å². The second-order valence-electron chi connectivity index (χ2n) is 4.94. The van der Waals surface area contributed by atoms with E-state index in [-0.39, 0.29) is 6.10 Å². The molecule has 0 aliphatic heterocycles. The molecule has 0 aliphatic carbocycles. The van der Waals surface area contributed by atoms with Gasteiger partial charge in [-0.15, -0.1) is 0 Å². The number of rotatable bonds is 10. The van der Waals surface area contributed by atoms with Gasteiger partial charge in [0.2, 0.25) is 0 Å². The lowest BCUT2D eigenvalue weighted by Crippen LogP contribution is -2.28. The Labute approximate surface area is 100 Å². The van der Waals surface area contributed by atoms with E-state index in [0.717, 1.165) is 19.8 Å². The molecule has 0 aromatic heterocycles. The van der Waals surface area contributed by atoms with Gasteiger partial charge in [-0.3, -0.25) is 0 Å². The van der Waals surface area contributed by atoms with E-state index in [1.807, 2.05) is 6.92 Å². The highest BCUT2D eigenvalue weighted by Gasteiger charge is 2.11. The Morgan fingerprint density at radius 1 is 0.750 bits per heavy atom. The molecule has 0 N–H and O–H groups in total. The minimum absolute atomic E-state index is 0.0705. The van der Waals surface area contributed by atoms with Crippen molar-refractivity contribution >= 4 is 0 Å². The molecule has 0 saturated carbocycles. The van der Waals surface area contributed by atoms with E-state index in [9.17, 15) is 0 Å². The minimum atomic E-state index is 0.0705. The topological polar surface area (TPSA) is 27.7 Å². The molecule has 3 nitrogen and oxygen atoms in total. The van der Waals surface area contributed by atoms with Crippen molar-refractivity contribution in [2.45, 2.75) is 40.7 Å². The van der Waals surface area contributed by atoms with Crippen molar-refractivity contribution in [2.24, 2.45) is 11.8 Å². The van der Waals surface area contributed by atoms with Crippen molar-refractivity contribution in [3.05, 3.63) is 0 Å². The molecule has 0 spiro atoms. The molecule has 0 heterocycles. The predicted molar refractivity (Wildman–Crippen MR) is 66.7 cm³/mol. The molecule has 0 aromatic carbocycles. The van der Waals surface area contributed by atoms with Crippen molar-refractivity contribution in [1.29, 1.82) is 0 Å². The fourth-order valence-corrected chi connectivity index (χ4v) is 1.16. The highest BCUT2D eigenvalue weighted by atomic mass is 16.6.